The zero-order chi connectivity index (χ0) is 14.1. The number of rotatable bonds is 2. The average Bonchev–Trinajstić information content (AvgIpc) is 2.87. The smallest absolute Gasteiger partial charge is 0.205 e. The molecule has 0 aliphatic rings. The molecule has 5 nitrogen and oxygen atoms in total. The van der Waals surface area contributed by atoms with E-state index in [9.17, 15) is 5.11 Å². The Hall–Kier alpha value is -2.11. The molecule has 0 radical (unpaired) electrons. The van der Waals surface area contributed by atoms with Gasteiger partial charge in [0.2, 0.25) is 5.82 Å². The quantitative estimate of drug-likeness (QED) is 0.788. The highest BCUT2D eigenvalue weighted by atomic mass is 35.5. The van der Waals surface area contributed by atoms with Crippen molar-refractivity contribution < 1.29 is 5.11 Å². The Morgan fingerprint density at radius 2 is 1.75 bits per heavy atom. The number of hydrogen-bond donors (Lipinski definition) is 1. The van der Waals surface area contributed by atoms with Crippen molar-refractivity contribution >= 4 is 23.2 Å². The van der Waals surface area contributed by atoms with Crippen LogP contribution in [0.3, 0.4) is 0 Å². The molecule has 0 aliphatic heterocycles. The summed E-state index contributed by atoms with van der Waals surface area (Å²) in [6.45, 7) is 0. The number of halogens is 2. The molecule has 1 heterocycles. The third-order valence-corrected chi connectivity index (χ3v) is 3.03. The van der Waals surface area contributed by atoms with Crippen LogP contribution in [0.1, 0.15) is 0 Å². The van der Waals surface area contributed by atoms with Crippen LogP contribution in [-0.2, 0) is 0 Å². The zero-order valence-corrected chi connectivity index (χ0v) is 11.5. The van der Waals surface area contributed by atoms with Gasteiger partial charge in [0.15, 0.2) is 0 Å². The lowest BCUT2D eigenvalue weighted by Gasteiger charge is -2.00. The van der Waals surface area contributed by atoms with E-state index in [0.29, 0.717) is 27.1 Å². The van der Waals surface area contributed by atoms with Crippen LogP contribution < -0.4 is 0 Å². The summed E-state index contributed by atoms with van der Waals surface area (Å²) >= 11 is 11.9. The topological polar surface area (TPSA) is 63.8 Å². The predicted octanol–water partition coefficient (Wildman–Crippen LogP) is 3.34. The highest BCUT2D eigenvalue weighted by Crippen LogP contribution is 2.22. The van der Waals surface area contributed by atoms with Gasteiger partial charge in [-0.3, -0.25) is 0 Å². The van der Waals surface area contributed by atoms with E-state index in [1.807, 2.05) is 0 Å². The molecule has 0 fully saturated rings. The van der Waals surface area contributed by atoms with Crippen molar-refractivity contribution in [2.24, 2.45) is 0 Å². The Morgan fingerprint density at radius 3 is 2.45 bits per heavy atom. The average molecular weight is 307 g/mol. The van der Waals surface area contributed by atoms with Crippen LogP contribution in [0.5, 0.6) is 5.75 Å². The number of phenols is 1. The maximum atomic E-state index is 9.45. The Bertz CT molecular complexity index is 752. The summed E-state index contributed by atoms with van der Waals surface area (Å²) in [5, 5.41) is 22.6. The summed E-state index contributed by atoms with van der Waals surface area (Å²) in [5.74, 6) is 0.543. The van der Waals surface area contributed by atoms with Crippen LogP contribution in [0.2, 0.25) is 10.0 Å². The van der Waals surface area contributed by atoms with E-state index in [1.54, 1.807) is 42.5 Å². The molecule has 20 heavy (non-hydrogen) atoms. The molecule has 0 aliphatic carbocycles. The number of hydrogen-bond acceptors (Lipinski definition) is 4. The van der Waals surface area contributed by atoms with Gasteiger partial charge in [0.1, 0.15) is 5.75 Å². The summed E-state index contributed by atoms with van der Waals surface area (Å²) in [6.07, 6.45) is 0. The fourth-order valence-electron chi connectivity index (χ4n) is 1.74. The van der Waals surface area contributed by atoms with Crippen LogP contribution in [0.15, 0.2) is 42.5 Å². The van der Waals surface area contributed by atoms with Gasteiger partial charge in [-0.2, -0.15) is 0 Å². The molecule has 0 amide bonds. The predicted molar refractivity (Wildman–Crippen MR) is 76.3 cm³/mol. The molecule has 1 aromatic heterocycles. The Labute approximate surface area is 124 Å². The van der Waals surface area contributed by atoms with Crippen LogP contribution >= 0.6 is 23.2 Å². The summed E-state index contributed by atoms with van der Waals surface area (Å²) < 4.78 is 0. The van der Waals surface area contributed by atoms with Gasteiger partial charge in [-0.05, 0) is 35.5 Å². The second-order valence-corrected chi connectivity index (χ2v) is 4.95. The van der Waals surface area contributed by atoms with E-state index >= 15 is 0 Å². The van der Waals surface area contributed by atoms with Crippen molar-refractivity contribution in [3.8, 4) is 22.8 Å². The van der Waals surface area contributed by atoms with Crippen molar-refractivity contribution in [2.45, 2.75) is 0 Å². The Morgan fingerprint density at radius 1 is 1.00 bits per heavy atom. The first-order valence-corrected chi connectivity index (χ1v) is 6.43. The lowest BCUT2D eigenvalue weighted by atomic mass is 10.2. The maximum Gasteiger partial charge on any atom is 0.205 e. The highest BCUT2D eigenvalue weighted by molar-refractivity contribution is 6.34. The number of aromatic nitrogens is 4. The minimum atomic E-state index is 0.143. The highest BCUT2D eigenvalue weighted by Gasteiger charge is 2.09. The molecule has 0 spiro atoms. The van der Waals surface area contributed by atoms with Crippen LogP contribution in [0.25, 0.3) is 17.1 Å². The van der Waals surface area contributed by atoms with Crippen LogP contribution in [-0.4, -0.2) is 25.3 Å². The van der Waals surface area contributed by atoms with Gasteiger partial charge >= 0.3 is 0 Å². The van der Waals surface area contributed by atoms with Crippen molar-refractivity contribution in [1.82, 2.24) is 20.2 Å². The van der Waals surface area contributed by atoms with Gasteiger partial charge in [-0.1, -0.05) is 35.3 Å². The lowest BCUT2D eigenvalue weighted by molar-refractivity contribution is 0.475. The number of benzene rings is 2. The second-order valence-electron chi connectivity index (χ2n) is 4.08. The standard InChI is InChI=1S/C13H8Cl2N4O/c14-9-5-10(15)7-11(6-9)19-17-13(16-18-19)8-2-1-3-12(20)4-8/h1-7,20H. The number of phenolic OH excluding ortho intramolecular Hbond substituents is 1. The Balaban J connectivity index is 2.02. The van der Waals surface area contributed by atoms with Crippen molar-refractivity contribution in [2.75, 3.05) is 0 Å². The Kier molecular flexibility index (Phi) is 3.30. The number of aromatic hydroxyl groups is 1. The van der Waals surface area contributed by atoms with Gasteiger partial charge in [-0.15, -0.1) is 15.0 Å². The molecule has 3 aromatic rings. The van der Waals surface area contributed by atoms with Gasteiger partial charge < -0.3 is 5.11 Å². The minimum Gasteiger partial charge on any atom is -0.508 e. The van der Waals surface area contributed by atoms with Gasteiger partial charge in [0.25, 0.3) is 0 Å². The third-order valence-electron chi connectivity index (χ3n) is 2.60. The molecule has 0 bridgehead atoms. The summed E-state index contributed by atoms with van der Waals surface area (Å²) in [6, 6.07) is 11.6. The number of tetrazole rings is 1. The van der Waals surface area contributed by atoms with Gasteiger partial charge in [0, 0.05) is 15.6 Å². The fraction of sp³-hybridized carbons (Fsp3) is 0. The third kappa shape index (κ3) is 2.59. The van der Waals surface area contributed by atoms with Crippen molar-refractivity contribution in [3.05, 3.63) is 52.5 Å². The first-order chi connectivity index (χ1) is 9.61. The van der Waals surface area contributed by atoms with E-state index in [-0.39, 0.29) is 5.75 Å². The molecule has 2 aromatic carbocycles. The summed E-state index contributed by atoms with van der Waals surface area (Å²) in [5.41, 5.74) is 1.28. The van der Waals surface area contributed by atoms with Gasteiger partial charge in [0.05, 0.1) is 5.69 Å². The van der Waals surface area contributed by atoms with E-state index in [2.05, 4.69) is 15.4 Å². The van der Waals surface area contributed by atoms with E-state index < -0.39 is 0 Å². The van der Waals surface area contributed by atoms with Crippen molar-refractivity contribution in [3.63, 3.8) is 0 Å². The zero-order valence-electron chi connectivity index (χ0n) is 10.0. The maximum absolute atomic E-state index is 9.45. The first kappa shape index (κ1) is 12.9. The molecule has 0 unspecified atom stereocenters. The summed E-state index contributed by atoms with van der Waals surface area (Å²) in [4.78, 5) is 1.33. The largest absolute Gasteiger partial charge is 0.508 e. The molecule has 0 saturated heterocycles. The van der Waals surface area contributed by atoms with Gasteiger partial charge in [-0.25, -0.2) is 0 Å². The molecular weight excluding hydrogens is 299 g/mol. The van der Waals surface area contributed by atoms with Crippen LogP contribution in [0.4, 0.5) is 0 Å². The molecule has 100 valence electrons. The molecule has 7 heteroatoms. The fourth-order valence-corrected chi connectivity index (χ4v) is 2.25. The second kappa shape index (κ2) is 5.11. The molecule has 0 saturated carbocycles. The summed E-state index contributed by atoms with van der Waals surface area (Å²) in [7, 11) is 0. The van der Waals surface area contributed by atoms with E-state index in [4.69, 9.17) is 23.2 Å². The first-order valence-electron chi connectivity index (χ1n) is 5.68. The van der Waals surface area contributed by atoms with Crippen molar-refractivity contribution in [1.29, 1.82) is 0 Å². The van der Waals surface area contributed by atoms with E-state index in [0.717, 1.165) is 0 Å². The van der Waals surface area contributed by atoms with Crippen LogP contribution in [0, 0.1) is 0 Å². The normalized spacial score (nSPS) is 10.7. The molecule has 3 rings (SSSR count). The molecule has 0 atom stereocenters. The van der Waals surface area contributed by atoms with E-state index in [1.165, 1.54) is 4.80 Å². The lowest BCUT2D eigenvalue weighted by Crippen LogP contribution is -1.98. The molecular formula is C13H8Cl2N4O. The monoisotopic (exact) mass is 306 g/mol. The molecule has 1 N–H and O–H groups in total. The number of nitrogens with zero attached hydrogens (tertiary/aromatic N) is 4. The SMILES string of the molecule is Oc1cccc(-c2nnn(-c3cc(Cl)cc(Cl)c3)n2)c1. The minimum absolute atomic E-state index is 0.143.